The first-order valence-corrected chi connectivity index (χ1v) is 13.2. The third-order valence-electron chi connectivity index (χ3n) is 6.57. The number of nitrogens with one attached hydrogen (secondary N) is 1. The number of alkyl halides is 3. The molecule has 1 fully saturated rings. The largest absolute Gasteiger partial charge is 0.445 e. The lowest BCUT2D eigenvalue weighted by Crippen LogP contribution is -2.27. The Labute approximate surface area is 222 Å². The van der Waals surface area contributed by atoms with Crippen LogP contribution in [0.4, 0.5) is 18.0 Å². The predicted molar refractivity (Wildman–Crippen MR) is 137 cm³/mol. The standard InChI is InChI=1S/C27H29F3N4O3S/c1-16(35)32-23(11-17-7-9-18(10-8-17)15-37-26(31)36)25-34-33-24(38-25)21-12-20(19-5-3-2-4-6-19)13-22(14-21)27(28,29)30/h7-10,12-14,19,23H,2-6,11,15H2,1H3,(H2,31,36)(H,32,35)/t23-/m0/s1. The highest BCUT2D eigenvalue weighted by Gasteiger charge is 2.33. The second-order valence-electron chi connectivity index (χ2n) is 9.50. The number of aromatic nitrogens is 2. The van der Waals surface area contributed by atoms with Crippen molar-refractivity contribution in [1.82, 2.24) is 15.5 Å². The van der Waals surface area contributed by atoms with Crippen molar-refractivity contribution in [2.75, 3.05) is 0 Å². The Morgan fingerprint density at radius 3 is 2.39 bits per heavy atom. The van der Waals surface area contributed by atoms with E-state index >= 15 is 0 Å². The lowest BCUT2D eigenvalue weighted by atomic mass is 9.83. The van der Waals surface area contributed by atoms with E-state index in [1.54, 1.807) is 18.2 Å². The smallest absolute Gasteiger partial charge is 0.416 e. The topological polar surface area (TPSA) is 107 Å². The lowest BCUT2D eigenvalue weighted by molar-refractivity contribution is -0.137. The Balaban J connectivity index is 1.59. The van der Waals surface area contributed by atoms with E-state index < -0.39 is 23.9 Å². The van der Waals surface area contributed by atoms with Gasteiger partial charge in [-0.1, -0.05) is 54.9 Å². The number of ether oxygens (including phenoxy) is 1. The second kappa shape index (κ2) is 11.9. The van der Waals surface area contributed by atoms with Crippen LogP contribution in [-0.4, -0.2) is 22.2 Å². The molecule has 0 radical (unpaired) electrons. The minimum Gasteiger partial charge on any atom is -0.445 e. The van der Waals surface area contributed by atoms with Crippen LogP contribution < -0.4 is 11.1 Å². The van der Waals surface area contributed by atoms with Gasteiger partial charge in [0.1, 0.15) is 16.6 Å². The molecule has 1 saturated carbocycles. The average molecular weight is 547 g/mol. The van der Waals surface area contributed by atoms with Crippen LogP contribution in [0, 0.1) is 0 Å². The molecule has 0 aliphatic heterocycles. The summed E-state index contributed by atoms with van der Waals surface area (Å²) in [4.78, 5) is 22.7. The highest BCUT2D eigenvalue weighted by atomic mass is 32.1. The maximum absolute atomic E-state index is 13.8. The van der Waals surface area contributed by atoms with Crippen LogP contribution in [0.2, 0.25) is 0 Å². The zero-order valence-electron chi connectivity index (χ0n) is 20.9. The van der Waals surface area contributed by atoms with Gasteiger partial charge < -0.3 is 15.8 Å². The quantitative estimate of drug-likeness (QED) is 0.345. The molecule has 3 aromatic rings. The van der Waals surface area contributed by atoms with Crippen molar-refractivity contribution in [2.45, 2.75) is 70.2 Å². The molecule has 0 bridgehead atoms. The van der Waals surface area contributed by atoms with Crippen LogP contribution in [0.15, 0.2) is 42.5 Å². The molecule has 0 saturated heterocycles. The first-order chi connectivity index (χ1) is 18.1. The van der Waals surface area contributed by atoms with E-state index in [1.807, 2.05) is 12.1 Å². The van der Waals surface area contributed by atoms with Crippen molar-refractivity contribution in [1.29, 1.82) is 0 Å². The normalized spacial score (nSPS) is 15.2. The first kappa shape index (κ1) is 27.6. The summed E-state index contributed by atoms with van der Waals surface area (Å²) in [6, 6.07) is 10.9. The van der Waals surface area contributed by atoms with Gasteiger partial charge in [-0.15, -0.1) is 10.2 Å². The fourth-order valence-corrected chi connectivity index (χ4v) is 5.59. The minimum atomic E-state index is -4.47. The molecule has 1 heterocycles. The van der Waals surface area contributed by atoms with Crippen LogP contribution in [0.3, 0.4) is 0 Å². The summed E-state index contributed by atoms with van der Waals surface area (Å²) < 4.78 is 46.1. The van der Waals surface area contributed by atoms with E-state index in [2.05, 4.69) is 15.5 Å². The third-order valence-corrected chi connectivity index (χ3v) is 7.65. The zero-order chi connectivity index (χ0) is 27.3. The van der Waals surface area contributed by atoms with E-state index in [1.165, 1.54) is 24.3 Å². The molecule has 38 heavy (non-hydrogen) atoms. The van der Waals surface area contributed by atoms with Crippen molar-refractivity contribution < 1.29 is 27.5 Å². The SMILES string of the molecule is CC(=O)N[C@@H](Cc1ccc(COC(N)=O)cc1)c1nnc(-c2cc(C3CCCCC3)cc(C(F)(F)F)c2)s1. The number of amides is 2. The molecule has 202 valence electrons. The molecular weight excluding hydrogens is 517 g/mol. The molecule has 4 rings (SSSR count). The van der Waals surface area contributed by atoms with Gasteiger partial charge in [-0.25, -0.2) is 4.79 Å². The Bertz CT molecular complexity index is 1270. The molecule has 1 atom stereocenters. The number of hydrogen-bond acceptors (Lipinski definition) is 6. The van der Waals surface area contributed by atoms with Gasteiger partial charge in [0.2, 0.25) is 5.91 Å². The maximum atomic E-state index is 13.8. The Kier molecular flexibility index (Phi) is 8.65. The molecule has 1 aliphatic rings. The zero-order valence-corrected chi connectivity index (χ0v) is 21.7. The van der Waals surface area contributed by atoms with E-state index in [0.717, 1.165) is 49.3 Å². The van der Waals surface area contributed by atoms with Crippen LogP contribution in [0.1, 0.15) is 78.2 Å². The molecule has 1 aliphatic carbocycles. The summed E-state index contributed by atoms with van der Waals surface area (Å²) in [6.07, 6.45) is -0.0652. The number of hydrogen-bond donors (Lipinski definition) is 2. The third kappa shape index (κ3) is 7.31. The fraction of sp³-hybridized carbons (Fsp3) is 0.407. The van der Waals surface area contributed by atoms with Gasteiger partial charge in [0, 0.05) is 12.5 Å². The summed E-state index contributed by atoms with van der Waals surface area (Å²) in [5.41, 5.74) is 7.00. The summed E-state index contributed by atoms with van der Waals surface area (Å²) in [6.45, 7) is 1.44. The Hall–Kier alpha value is -3.47. The van der Waals surface area contributed by atoms with Gasteiger partial charge in [0.15, 0.2) is 0 Å². The molecule has 1 aromatic heterocycles. The number of rotatable bonds is 8. The van der Waals surface area contributed by atoms with Crippen LogP contribution in [0.5, 0.6) is 0 Å². The molecule has 11 heteroatoms. The maximum Gasteiger partial charge on any atom is 0.416 e. The van der Waals surface area contributed by atoms with Crippen LogP contribution in [0.25, 0.3) is 10.6 Å². The summed E-state index contributed by atoms with van der Waals surface area (Å²) in [5, 5.41) is 12.2. The number of carbonyl (C=O) groups excluding carboxylic acids is 2. The molecule has 7 nitrogen and oxygen atoms in total. The lowest BCUT2D eigenvalue weighted by Gasteiger charge is -2.23. The number of halogens is 3. The van der Waals surface area contributed by atoms with Gasteiger partial charge >= 0.3 is 12.3 Å². The monoisotopic (exact) mass is 546 g/mol. The van der Waals surface area contributed by atoms with Crippen molar-refractivity contribution in [2.24, 2.45) is 5.73 Å². The number of benzene rings is 2. The van der Waals surface area contributed by atoms with Gasteiger partial charge in [-0.05, 0) is 60.1 Å². The number of carbonyl (C=O) groups is 2. The average Bonchev–Trinajstić information content (AvgIpc) is 3.38. The fourth-order valence-electron chi connectivity index (χ4n) is 4.71. The summed E-state index contributed by atoms with van der Waals surface area (Å²) in [5.74, 6) is -0.169. The van der Waals surface area contributed by atoms with Gasteiger partial charge in [0.05, 0.1) is 11.6 Å². The van der Waals surface area contributed by atoms with Crippen molar-refractivity contribution in [3.05, 3.63) is 69.7 Å². The van der Waals surface area contributed by atoms with Crippen LogP contribution >= 0.6 is 11.3 Å². The van der Waals surface area contributed by atoms with Crippen LogP contribution in [-0.2, 0) is 28.7 Å². The van der Waals surface area contributed by atoms with Gasteiger partial charge in [0.25, 0.3) is 0 Å². The number of primary amides is 1. The van der Waals surface area contributed by atoms with Crippen molar-refractivity contribution in [3.8, 4) is 10.6 Å². The Morgan fingerprint density at radius 1 is 1.08 bits per heavy atom. The van der Waals surface area contributed by atoms with E-state index in [0.29, 0.717) is 27.6 Å². The second-order valence-corrected chi connectivity index (χ2v) is 10.5. The molecule has 3 N–H and O–H groups in total. The van der Waals surface area contributed by atoms with E-state index in [4.69, 9.17) is 10.5 Å². The number of nitrogens with two attached hydrogens (primary N) is 1. The van der Waals surface area contributed by atoms with E-state index in [9.17, 15) is 22.8 Å². The van der Waals surface area contributed by atoms with Crippen molar-refractivity contribution >= 4 is 23.3 Å². The molecular formula is C27H29F3N4O3S. The molecule has 2 amide bonds. The molecule has 2 aromatic carbocycles. The van der Waals surface area contributed by atoms with E-state index in [-0.39, 0.29) is 18.4 Å². The predicted octanol–water partition coefficient (Wildman–Crippen LogP) is 6.29. The van der Waals surface area contributed by atoms with Crippen molar-refractivity contribution in [3.63, 3.8) is 0 Å². The van der Waals surface area contributed by atoms with Gasteiger partial charge in [-0.3, -0.25) is 4.79 Å². The molecule has 0 unspecified atom stereocenters. The molecule has 0 spiro atoms. The summed E-state index contributed by atoms with van der Waals surface area (Å²) >= 11 is 1.17. The Morgan fingerprint density at radius 2 is 1.76 bits per heavy atom. The summed E-state index contributed by atoms with van der Waals surface area (Å²) in [7, 11) is 0. The van der Waals surface area contributed by atoms with Gasteiger partial charge in [-0.2, -0.15) is 13.2 Å². The first-order valence-electron chi connectivity index (χ1n) is 12.4. The number of nitrogens with zero attached hydrogens (tertiary/aromatic N) is 2. The highest BCUT2D eigenvalue weighted by molar-refractivity contribution is 7.14. The minimum absolute atomic E-state index is 0.0460. The highest BCUT2D eigenvalue weighted by Crippen LogP contribution is 2.40.